The van der Waals surface area contributed by atoms with Gasteiger partial charge >= 0.3 is 0 Å². The molecule has 0 aliphatic heterocycles. The van der Waals surface area contributed by atoms with Crippen LogP contribution in [0, 0.1) is 6.92 Å². The maximum absolute atomic E-state index is 13.2. The Morgan fingerprint density at radius 1 is 1.23 bits per heavy atom. The molecule has 0 saturated carbocycles. The van der Waals surface area contributed by atoms with E-state index in [1.807, 2.05) is 25.1 Å². The quantitative estimate of drug-likeness (QED) is 0.698. The van der Waals surface area contributed by atoms with Gasteiger partial charge in [-0.1, -0.05) is 46.7 Å². The van der Waals surface area contributed by atoms with Crippen LogP contribution < -0.4 is 9.80 Å². The smallest absolute Gasteiger partial charge is 0.261 e. The Balaban J connectivity index is 2.03. The maximum Gasteiger partial charge on any atom is 0.261 e. The first kappa shape index (κ1) is 19.1. The van der Waals surface area contributed by atoms with Crippen molar-refractivity contribution in [3.05, 3.63) is 57.6 Å². The third-order valence-corrected chi connectivity index (χ3v) is 5.67. The van der Waals surface area contributed by atoms with Gasteiger partial charge in [0.25, 0.3) is 5.91 Å². The minimum absolute atomic E-state index is 0.162. The van der Waals surface area contributed by atoms with Gasteiger partial charge in [-0.05, 0) is 36.8 Å². The molecule has 1 amide bonds. The summed E-state index contributed by atoms with van der Waals surface area (Å²) >= 11 is 13.8. The number of aromatic nitrogens is 1. The number of halogens is 2. The molecule has 0 radical (unpaired) electrons. The summed E-state index contributed by atoms with van der Waals surface area (Å²) in [6.07, 6.45) is 0. The summed E-state index contributed by atoms with van der Waals surface area (Å²) in [7, 11) is 4.11. The lowest BCUT2D eigenvalue weighted by molar-refractivity contribution is -0.856. The number of rotatable bonds is 5. The number of amides is 1. The van der Waals surface area contributed by atoms with E-state index in [0.717, 1.165) is 22.3 Å². The summed E-state index contributed by atoms with van der Waals surface area (Å²) in [5.41, 5.74) is 2.46. The second-order valence-corrected chi connectivity index (χ2v) is 8.31. The van der Waals surface area contributed by atoms with E-state index < -0.39 is 0 Å². The van der Waals surface area contributed by atoms with Gasteiger partial charge in [-0.15, -0.1) is 0 Å². The molecule has 0 bridgehead atoms. The van der Waals surface area contributed by atoms with Crippen molar-refractivity contribution in [2.45, 2.75) is 6.92 Å². The number of nitrogens with one attached hydrogen (secondary N) is 1. The monoisotopic (exact) mass is 408 g/mol. The molecule has 3 rings (SSSR count). The van der Waals surface area contributed by atoms with Gasteiger partial charge in [-0.3, -0.25) is 9.69 Å². The van der Waals surface area contributed by atoms with Crippen LogP contribution in [0.25, 0.3) is 10.2 Å². The van der Waals surface area contributed by atoms with E-state index >= 15 is 0 Å². The van der Waals surface area contributed by atoms with E-state index in [9.17, 15) is 4.79 Å². The molecule has 1 N–H and O–H groups in total. The largest absolute Gasteiger partial charge is 0.338 e. The summed E-state index contributed by atoms with van der Waals surface area (Å²) in [5, 5.41) is 1.54. The number of thiazole rings is 1. The zero-order chi connectivity index (χ0) is 18.8. The molecule has 1 heterocycles. The molecule has 3 aromatic rings. The van der Waals surface area contributed by atoms with Crippen LogP contribution in [0.2, 0.25) is 10.0 Å². The number of carbonyl (C=O) groups excluding carboxylic acids is 1. The van der Waals surface area contributed by atoms with Crippen molar-refractivity contribution in [2.75, 3.05) is 32.1 Å². The predicted octanol–water partition coefficient (Wildman–Crippen LogP) is 3.70. The van der Waals surface area contributed by atoms with Crippen molar-refractivity contribution in [3.63, 3.8) is 0 Å². The second-order valence-electron chi connectivity index (χ2n) is 6.46. The number of hydrogen-bond donors (Lipinski definition) is 1. The summed E-state index contributed by atoms with van der Waals surface area (Å²) in [6.45, 7) is 3.38. The minimum Gasteiger partial charge on any atom is -0.338 e. The average molecular weight is 409 g/mol. The number of hydrogen-bond acceptors (Lipinski definition) is 3. The molecule has 0 aliphatic carbocycles. The summed E-state index contributed by atoms with van der Waals surface area (Å²) in [6, 6.07) is 11.0. The second kappa shape index (κ2) is 7.92. The van der Waals surface area contributed by atoms with Gasteiger partial charge in [-0.2, -0.15) is 0 Å². The number of nitrogens with zero attached hydrogens (tertiary/aromatic N) is 2. The molecule has 136 valence electrons. The first-order valence-electron chi connectivity index (χ1n) is 8.29. The van der Waals surface area contributed by atoms with Crippen LogP contribution in [0.5, 0.6) is 0 Å². The Bertz CT molecular complexity index is 955. The van der Waals surface area contributed by atoms with E-state index in [2.05, 4.69) is 14.1 Å². The molecule has 0 atom stereocenters. The van der Waals surface area contributed by atoms with E-state index in [-0.39, 0.29) is 5.91 Å². The van der Waals surface area contributed by atoms with Crippen LogP contribution >= 0.6 is 34.5 Å². The minimum atomic E-state index is -0.162. The summed E-state index contributed by atoms with van der Waals surface area (Å²) in [5.74, 6) is -0.162. The number of fused-ring (bicyclic) bond motifs is 1. The molecule has 7 heteroatoms. The first-order chi connectivity index (χ1) is 12.4. The fourth-order valence-electron chi connectivity index (χ4n) is 2.62. The summed E-state index contributed by atoms with van der Waals surface area (Å²) < 4.78 is 1.07. The number of quaternary nitrogens is 1. The highest BCUT2D eigenvalue weighted by Gasteiger charge is 2.24. The zero-order valence-corrected chi connectivity index (χ0v) is 17.2. The van der Waals surface area contributed by atoms with E-state index in [0.29, 0.717) is 27.3 Å². The topological polar surface area (TPSA) is 37.6 Å². The highest BCUT2D eigenvalue weighted by Crippen LogP contribution is 2.32. The first-order valence-corrected chi connectivity index (χ1v) is 9.86. The van der Waals surface area contributed by atoms with Crippen LogP contribution in [0.1, 0.15) is 15.9 Å². The third-order valence-electron chi connectivity index (χ3n) is 4.08. The van der Waals surface area contributed by atoms with Crippen molar-refractivity contribution in [2.24, 2.45) is 0 Å². The third kappa shape index (κ3) is 4.01. The van der Waals surface area contributed by atoms with Gasteiger partial charge < -0.3 is 4.90 Å². The molecular weight excluding hydrogens is 389 g/mol. The number of carbonyl (C=O) groups is 1. The standard InChI is InChI=1S/C19H19Cl2N3OS/c1-12-5-4-6-16-17(12)22-19(26-16)24(10-9-23(2)3)18(25)14-8-7-13(20)11-15(14)21/h4-8,11H,9-10H2,1-3H3/p+1. The van der Waals surface area contributed by atoms with Gasteiger partial charge in [0.15, 0.2) is 5.13 Å². The van der Waals surface area contributed by atoms with Gasteiger partial charge in [0.1, 0.15) is 0 Å². The van der Waals surface area contributed by atoms with Gasteiger partial charge in [0, 0.05) is 5.02 Å². The van der Waals surface area contributed by atoms with Crippen LogP contribution in [-0.2, 0) is 0 Å². The highest BCUT2D eigenvalue weighted by atomic mass is 35.5. The molecule has 0 aliphatic rings. The Hall–Kier alpha value is -1.66. The van der Waals surface area contributed by atoms with Crippen molar-refractivity contribution >= 4 is 55.8 Å². The van der Waals surface area contributed by atoms with Crippen molar-refractivity contribution < 1.29 is 9.69 Å². The van der Waals surface area contributed by atoms with Crippen molar-refractivity contribution in [3.8, 4) is 0 Å². The van der Waals surface area contributed by atoms with E-state index in [1.54, 1.807) is 23.1 Å². The predicted molar refractivity (Wildman–Crippen MR) is 110 cm³/mol. The lowest BCUT2D eigenvalue weighted by Gasteiger charge is -2.21. The van der Waals surface area contributed by atoms with Gasteiger partial charge in [0.05, 0.1) is 48.0 Å². The molecule has 4 nitrogen and oxygen atoms in total. The van der Waals surface area contributed by atoms with Crippen molar-refractivity contribution in [1.82, 2.24) is 4.98 Å². The van der Waals surface area contributed by atoms with Crippen LogP contribution in [0.3, 0.4) is 0 Å². The normalized spacial score (nSPS) is 11.3. The fraction of sp³-hybridized carbons (Fsp3) is 0.263. The zero-order valence-electron chi connectivity index (χ0n) is 14.8. The Morgan fingerprint density at radius 2 is 2.00 bits per heavy atom. The Labute approximate surface area is 167 Å². The van der Waals surface area contributed by atoms with Crippen LogP contribution in [0.4, 0.5) is 5.13 Å². The molecule has 2 aromatic carbocycles. The van der Waals surface area contributed by atoms with Crippen molar-refractivity contribution in [1.29, 1.82) is 0 Å². The number of anilines is 1. The summed E-state index contributed by atoms with van der Waals surface area (Å²) in [4.78, 5) is 20.9. The molecule has 26 heavy (non-hydrogen) atoms. The SMILES string of the molecule is Cc1cccc2sc(N(CC[NH+](C)C)C(=O)c3ccc(Cl)cc3Cl)nc12. The lowest BCUT2D eigenvalue weighted by Crippen LogP contribution is -3.06. The number of likely N-dealkylation sites (N-methyl/N-ethyl adjacent to an activating group) is 1. The maximum atomic E-state index is 13.2. The van der Waals surface area contributed by atoms with Crippen LogP contribution in [-0.4, -0.2) is 38.1 Å². The molecule has 1 aromatic heterocycles. The number of benzene rings is 2. The molecular formula is C19H20Cl2N3OS+. The Morgan fingerprint density at radius 3 is 2.65 bits per heavy atom. The molecule has 0 unspecified atom stereocenters. The van der Waals surface area contributed by atoms with Gasteiger partial charge in [0.2, 0.25) is 0 Å². The molecule has 0 fully saturated rings. The van der Waals surface area contributed by atoms with E-state index in [1.165, 1.54) is 16.2 Å². The number of para-hydroxylation sites is 1. The number of aryl methyl sites for hydroxylation is 1. The Kier molecular flexibility index (Phi) is 5.82. The van der Waals surface area contributed by atoms with Crippen LogP contribution in [0.15, 0.2) is 36.4 Å². The fourth-order valence-corrected chi connectivity index (χ4v) is 4.17. The molecule has 0 saturated heterocycles. The highest BCUT2D eigenvalue weighted by molar-refractivity contribution is 7.22. The average Bonchev–Trinajstić information content (AvgIpc) is 3.00. The lowest BCUT2D eigenvalue weighted by atomic mass is 10.2. The van der Waals surface area contributed by atoms with Gasteiger partial charge in [-0.25, -0.2) is 4.98 Å². The molecule has 0 spiro atoms. The van der Waals surface area contributed by atoms with E-state index in [4.69, 9.17) is 28.2 Å².